The predicted molar refractivity (Wildman–Crippen MR) is 85.2 cm³/mol. The van der Waals surface area contributed by atoms with E-state index < -0.39 is 0 Å². The minimum absolute atomic E-state index is 0.717. The molecule has 1 atom stereocenters. The van der Waals surface area contributed by atoms with E-state index in [4.69, 9.17) is 5.73 Å². The molecule has 106 valence electrons. The van der Waals surface area contributed by atoms with Crippen molar-refractivity contribution in [3.63, 3.8) is 0 Å². The maximum atomic E-state index is 5.87. The molecule has 1 aromatic rings. The van der Waals surface area contributed by atoms with Gasteiger partial charge in [-0.1, -0.05) is 29.8 Å². The first-order chi connectivity index (χ1) is 9.13. The summed E-state index contributed by atoms with van der Waals surface area (Å²) in [5, 5.41) is 0. The zero-order chi connectivity index (χ0) is 13.8. The molecule has 2 rings (SSSR count). The molecule has 1 saturated heterocycles. The lowest BCUT2D eigenvalue weighted by atomic mass is 10.2. The molecule has 1 fully saturated rings. The van der Waals surface area contributed by atoms with Crippen molar-refractivity contribution in [1.29, 1.82) is 0 Å². The minimum Gasteiger partial charge on any atom is -0.399 e. The molecule has 1 unspecified atom stereocenters. The Bertz CT molecular complexity index is 418. The molecule has 1 aliphatic rings. The average Bonchev–Trinajstić information content (AvgIpc) is 2.84. The van der Waals surface area contributed by atoms with Gasteiger partial charge < -0.3 is 5.73 Å². The minimum atomic E-state index is 0.717. The lowest BCUT2D eigenvalue weighted by Crippen LogP contribution is -2.37. The summed E-state index contributed by atoms with van der Waals surface area (Å²) in [6.45, 7) is 10.1. The summed E-state index contributed by atoms with van der Waals surface area (Å²) in [5.41, 5.74) is 8.01. The number of likely N-dealkylation sites (tertiary alicyclic amines) is 1. The van der Waals surface area contributed by atoms with Crippen LogP contribution in [0.5, 0.6) is 0 Å². The third kappa shape index (κ3) is 3.71. The van der Waals surface area contributed by atoms with Crippen LogP contribution in [0, 0.1) is 0 Å². The van der Waals surface area contributed by atoms with Crippen molar-refractivity contribution in [3.05, 3.63) is 28.2 Å². The van der Waals surface area contributed by atoms with Crippen molar-refractivity contribution in [2.24, 2.45) is 0 Å². The smallest absolute Gasteiger partial charge is 0.0318 e. The van der Waals surface area contributed by atoms with Crippen LogP contribution >= 0.6 is 15.9 Å². The maximum absolute atomic E-state index is 5.87. The van der Waals surface area contributed by atoms with Gasteiger partial charge in [-0.25, -0.2) is 0 Å². The molecular weight excluding hydrogens is 302 g/mol. The van der Waals surface area contributed by atoms with Gasteiger partial charge in [0.15, 0.2) is 0 Å². The number of hydrogen-bond donors (Lipinski definition) is 1. The number of likely N-dealkylation sites (N-methyl/N-ethyl adjacent to an activating group) is 1. The summed E-state index contributed by atoms with van der Waals surface area (Å²) in [6.07, 6.45) is 1.28. The fraction of sp³-hybridized carbons (Fsp3) is 0.600. The summed E-state index contributed by atoms with van der Waals surface area (Å²) in [4.78, 5) is 5.09. The number of benzene rings is 1. The van der Waals surface area contributed by atoms with Crippen molar-refractivity contribution < 1.29 is 0 Å². The molecule has 0 radical (unpaired) electrons. The van der Waals surface area contributed by atoms with Gasteiger partial charge in [-0.05, 0) is 43.3 Å². The van der Waals surface area contributed by atoms with Gasteiger partial charge in [0.25, 0.3) is 0 Å². The Morgan fingerprint density at radius 1 is 1.37 bits per heavy atom. The molecule has 3 nitrogen and oxygen atoms in total. The van der Waals surface area contributed by atoms with Crippen LogP contribution in [0.3, 0.4) is 0 Å². The van der Waals surface area contributed by atoms with E-state index in [2.05, 4.69) is 45.6 Å². The third-order valence-corrected chi connectivity index (χ3v) is 4.81. The first-order valence-corrected chi connectivity index (χ1v) is 7.93. The summed E-state index contributed by atoms with van der Waals surface area (Å²) in [5.74, 6) is 0. The maximum Gasteiger partial charge on any atom is 0.0318 e. The Morgan fingerprint density at radius 2 is 2.11 bits per heavy atom. The van der Waals surface area contributed by atoms with E-state index >= 15 is 0 Å². The first-order valence-electron chi connectivity index (χ1n) is 7.14. The fourth-order valence-corrected chi connectivity index (χ4v) is 3.32. The topological polar surface area (TPSA) is 32.5 Å². The van der Waals surface area contributed by atoms with Gasteiger partial charge in [0, 0.05) is 35.8 Å². The largest absolute Gasteiger partial charge is 0.399 e. The van der Waals surface area contributed by atoms with E-state index in [0.29, 0.717) is 0 Å². The third-order valence-electron chi connectivity index (χ3n) is 4.04. The highest BCUT2D eigenvalue weighted by Gasteiger charge is 2.26. The lowest BCUT2D eigenvalue weighted by molar-refractivity contribution is 0.209. The van der Waals surface area contributed by atoms with Crippen molar-refractivity contribution in [3.8, 4) is 0 Å². The SMILES string of the molecule is CCN(CC)C1CCN(Cc2cc(N)ccc2Br)C1. The number of nitrogens with zero attached hydrogens (tertiary/aromatic N) is 2. The predicted octanol–water partition coefficient (Wildman–Crippen LogP) is 2.95. The van der Waals surface area contributed by atoms with E-state index in [-0.39, 0.29) is 0 Å². The monoisotopic (exact) mass is 325 g/mol. The van der Waals surface area contributed by atoms with Crippen molar-refractivity contribution >= 4 is 21.6 Å². The van der Waals surface area contributed by atoms with Crippen LogP contribution < -0.4 is 5.73 Å². The second-order valence-corrected chi connectivity index (χ2v) is 6.10. The summed E-state index contributed by atoms with van der Waals surface area (Å²) in [6, 6.07) is 6.78. The van der Waals surface area contributed by atoms with Crippen molar-refractivity contribution in [2.75, 3.05) is 31.9 Å². The molecule has 0 bridgehead atoms. The Morgan fingerprint density at radius 3 is 2.79 bits per heavy atom. The molecule has 2 N–H and O–H groups in total. The fourth-order valence-electron chi connectivity index (χ4n) is 2.95. The first kappa shape index (κ1) is 14.8. The standard InChI is InChI=1S/C15H24BrN3/c1-3-19(4-2)14-7-8-18(11-14)10-12-9-13(17)5-6-15(12)16/h5-6,9,14H,3-4,7-8,10-11,17H2,1-2H3. The second-order valence-electron chi connectivity index (χ2n) is 5.25. The van der Waals surface area contributed by atoms with Gasteiger partial charge in [0.1, 0.15) is 0 Å². The van der Waals surface area contributed by atoms with Crippen molar-refractivity contribution in [2.45, 2.75) is 32.9 Å². The van der Waals surface area contributed by atoms with E-state index in [1.807, 2.05) is 12.1 Å². The van der Waals surface area contributed by atoms with E-state index in [0.717, 1.165) is 35.8 Å². The summed E-state index contributed by atoms with van der Waals surface area (Å²) in [7, 11) is 0. The van der Waals surface area contributed by atoms with Crippen LogP contribution in [-0.2, 0) is 6.54 Å². The highest BCUT2D eigenvalue weighted by atomic mass is 79.9. The van der Waals surface area contributed by atoms with Crippen LogP contribution in [0.2, 0.25) is 0 Å². The van der Waals surface area contributed by atoms with Gasteiger partial charge in [-0.15, -0.1) is 0 Å². The van der Waals surface area contributed by atoms with E-state index in [1.54, 1.807) is 0 Å². The van der Waals surface area contributed by atoms with Crippen LogP contribution in [0.4, 0.5) is 5.69 Å². The Hall–Kier alpha value is -0.580. The molecule has 4 heteroatoms. The Balaban J connectivity index is 1.96. The number of nitrogen functional groups attached to an aromatic ring is 1. The summed E-state index contributed by atoms with van der Waals surface area (Å²) < 4.78 is 1.16. The average molecular weight is 326 g/mol. The molecule has 0 aromatic heterocycles. The van der Waals surface area contributed by atoms with Gasteiger partial charge >= 0.3 is 0 Å². The number of nitrogens with two attached hydrogens (primary N) is 1. The number of anilines is 1. The summed E-state index contributed by atoms with van der Waals surface area (Å²) >= 11 is 3.62. The van der Waals surface area contributed by atoms with E-state index in [9.17, 15) is 0 Å². The molecular formula is C15H24BrN3. The number of hydrogen-bond acceptors (Lipinski definition) is 3. The number of rotatable bonds is 5. The molecule has 0 spiro atoms. The van der Waals surface area contributed by atoms with Crippen LogP contribution in [-0.4, -0.2) is 42.0 Å². The molecule has 0 aliphatic carbocycles. The van der Waals surface area contributed by atoms with Crippen LogP contribution in [0.25, 0.3) is 0 Å². The van der Waals surface area contributed by atoms with Gasteiger partial charge in [0.2, 0.25) is 0 Å². The van der Waals surface area contributed by atoms with Crippen LogP contribution in [0.15, 0.2) is 22.7 Å². The second kappa shape index (κ2) is 6.73. The zero-order valence-corrected chi connectivity index (χ0v) is 13.5. The molecule has 1 aliphatic heterocycles. The quantitative estimate of drug-likeness (QED) is 0.845. The van der Waals surface area contributed by atoms with Crippen LogP contribution in [0.1, 0.15) is 25.8 Å². The Labute approximate surface area is 124 Å². The van der Waals surface area contributed by atoms with Gasteiger partial charge in [-0.3, -0.25) is 9.80 Å². The van der Waals surface area contributed by atoms with E-state index in [1.165, 1.54) is 25.1 Å². The highest BCUT2D eigenvalue weighted by Crippen LogP contribution is 2.24. The molecule has 19 heavy (non-hydrogen) atoms. The molecule has 0 saturated carbocycles. The zero-order valence-electron chi connectivity index (χ0n) is 11.9. The molecule has 1 aromatic carbocycles. The highest BCUT2D eigenvalue weighted by molar-refractivity contribution is 9.10. The number of halogens is 1. The van der Waals surface area contributed by atoms with Gasteiger partial charge in [-0.2, -0.15) is 0 Å². The molecule has 0 amide bonds. The van der Waals surface area contributed by atoms with Gasteiger partial charge in [0.05, 0.1) is 0 Å². The Kier molecular flexibility index (Phi) is 5.25. The molecule has 1 heterocycles. The lowest BCUT2D eigenvalue weighted by Gasteiger charge is -2.26. The van der Waals surface area contributed by atoms with Crippen molar-refractivity contribution in [1.82, 2.24) is 9.80 Å². The normalized spacial score (nSPS) is 20.3.